The van der Waals surface area contributed by atoms with Gasteiger partial charge < -0.3 is 14.4 Å². The first-order valence-electron chi connectivity index (χ1n) is 8.70. The highest BCUT2D eigenvalue weighted by Gasteiger charge is 2.41. The molecule has 0 atom stereocenters. The molecule has 3 heterocycles. The highest BCUT2D eigenvalue weighted by molar-refractivity contribution is 5.48. The third-order valence-corrected chi connectivity index (χ3v) is 5.41. The Bertz CT molecular complexity index is 736. The number of aromatic nitrogens is 1. The number of ether oxygens (including phenoxy) is 2. The van der Waals surface area contributed by atoms with E-state index < -0.39 is 0 Å². The number of piperidine rings is 1. The molecule has 1 spiro atoms. The van der Waals surface area contributed by atoms with Crippen LogP contribution in [0.2, 0.25) is 0 Å². The maximum Gasteiger partial charge on any atom is 0.131 e. The molecule has 1 fully saturated rings. The van der Waals surface area contributed by atoms with Crippen LogP contribution in [0.3, 0.4) is 0 Å². The fourth-order valence-corrected chi connectivity index (χ4v) is 4.08. The van der Waals surface area contributed by atoms with Crippen LogP contribution in [-0.2, 0) is 16.8 Å². The monoisotopic (exact) mass is 324 g/mol. The van der Waals surface area contributed by atoms with Crippen LogP contribution in [-0.4, -0.2) is 31.8 Å². The zero-order valence-corrected chi connectivity index (χ0v) is 14.4. The van der Waals surface area contributed by atoms with Gasteiger partial charge in [0.05, 0.1) is 19.3 Å². The summed E-state index contributed by atoms with van der Waals surface area (Å²) in [7, 11) is 1.73. The lowest BCUT2D eigenvalue weighted by molar-refractivity contribution is -0.0767. The number of pyridine rings is 1. The van der Waals surface area contributed by atoms with Gasteiger partial charge in [0.25, 0.3) is 0 Å². The molecular weight excluding hydrogens is 300 g/mol. The molecule has 0 amide bonds. The van der Waals surface area contributed by atoms with Crippen molar-refractivity contribution in [3.05, 3.63) is 53.2 Å². The largest absolute Gasteiger partial charge is 0.497 e. The second kappa shape index (κ2) is 6.10. The maximum absolute atomic E-state index is 6.33. The molecule has 2 aromatic rings. The summed E-state index contributed by atoms with van der Waals surface area (Å²) in [6.45, 7) is 4.88. The first kappa shape index (κ1) is 15.5. The molecule has 2 aliphatic heterocycles. The van der Waals surface area contributed by atoms with E-state index in [1.54, 1.807) is 7.11 Å². The van der Waals surface area contributed by atoms with Crippen LogP contribution in [0.1, 0.15) is 29.5 Å². The molecule has 4 nitrogen and oxygen atoms in total. The fraction of sp³-hybridized carbons (Fsp3) is 0.450. The summed E-state index contributed by atoms with van der Waals surface area (Å²) >= 11 is 0. The Kier molecular flexibility index (Phi) is 3.93. The third-order valence-electron chi connectivity index (χ3n) is 5.41. The summed E-state index contributed by atoms with van der Waals surface area (Å²) in [6.07, 6.45) is 4.85. The minimum absolute atomic E-state index is 0.140. The predicted molar refractivity (Wildman–Crippen MR) is 94.7 cm³/mol. The molecule has 1 aromatic heterocycles. The van der Waals surface area contributed by atoms with Crippen LogP contribution in [0.4, 0.5) is 5.82 Å². The standard InChI is InChI=1S/C20H24N2O2/c1-15-4-3-10-21-19(15)22-11-8-20(9-12-22)18-6-5-17(23-2)14-16(18)7-13-24-20/h3-6,10,14H,7-9,11-13H2,1-2H3. The normalized spacial score (nSPS) is 19.2. The predicted octanol–water partition coefficient (Wildman–Crippen LogP) is 3.47. The van der Waals surface area contributed by atoms with E-state index in [4.69, 9.17) is 9.47 Å². The Morgan fingerprint density at radius 1 is 1.21 bits per heavy atom. The van der Waals surface area contributed by atoms with Gasteiger partial charge in [0.1, 0.15) is 11.6 Å². The molecule has 0 bridgehead atoms. The highest BCUT2D eigenvalue weighted by Crippen LogP contribution is 2.43. The zero-order chi connectivity index (χ0) is 16.6. The van der Waals surface area contributed by atoms with Gasteiger partial charge in [-0.1, -0.05) is 12.1 Å². The van der Waals surface area contributed by atoms with Crippen molar-refractivity contribution in [3.63, 3.8) is 0 Å². The van der Waals surface area contributed by atoms with Crippen molar-refractivity contribution in [1.29, 1.82) is 0 Å². The number of anilines is 1. The van der Waals surface area contributed by atoms with E-state index in [-0.39, 0.29) is 5.60 Å². The molecule has 2 aliphatic rings. The molecule has 4 rings (SSSR count). The second-order valence-electron chi connectivity index (χ2n) is 6.75. The topological polar surface area (TPSA) is 34.6 Å². The summed E-state index contributed by atoms with van der Waals surface area (Å²) < 4.78 is 11.7. The van der Waals surface area contributed by atoms with Gasteiger partial charge in [-0.25, -0.2) is 4.98 Å². The number of rotatable bonds is 2. The Morgan fingerprint density at radius 2 is 2.04 bits per heavy atom. The number of methoxy groups -OCH3 is 1. The van der Waals surface area contributed by atoms with E-state index >= 15 is 0 Å². The van der Waals surface area contributed by atoms with E-state index in [0.717, 1.165) is 50.5 Å². The molecule has 1 aromatic carbocycles. The van der Waals surface area contributed by atoms with Gasteiger partial charge in [-0.3, -0.25) is 0 Å². The fourth-order valence-electron chi connectivity index (χ4n) is 4.08. The molecule has 4 heteroatoms. The van der Waals surface area contributed by atoms with Gasteiger partial charge in [0.15, 0.2) is 0 Å². The van der Waals surface area contributed by atoms with Gasteiger partial charge in [-0.05, 0) is 61.1 Å². The first-order chi connectivity index (χ1) is 11.7. The van der Waals surface area contributed by atoms with E-state index in [0.29, 0.717) is 0 Å². The van der Waals surface area contributed by atoms with Crippen molar-refractivity contribution in [3.8, 4) is 5.75 Å². The minimum Gasteiger partial charge on any atom is -0.497 e. The van der Waals surface area contributed by atoms with Crippen molar-refractivity contribution in [2.45, 2.75) is 31.8 Å². The number of hydrogen-bond donors (Lipinski definition) is 0. The van der Waals surface area contributed by atoms with Gasteiger partial charge in [0.2, 0.25) is 0 Å². The van der Waals surface area contributed by atoms with Crippen LogP contribution in [0, 0.1) is 6.92 Å². The molecular formula is C20H24N2O2. The Hall–Kier alpha value is -2.07. The smallest absolute Gasteiger partial charge is 0.131 e. The van der Waals surface area contributed by atoms with Crippen molar-refractivity contribution in [2.24, 2.45) is 0 Å². The van der Waals surface area contributed by atoms with E-state index in [1.165, 1.54) is 16.7 Å². The van der Waals surface area contributed by atoms with Crippen molar-refractivity contribution >= 4 is 5.82 Å². The lowest BCUT2D eigenvalue weighted by Gasteiger charge is -2.45. The highest BCUT2D eigenvalue weighted by atomic mass is 16.5. The number of benzene rings is 1. The molecule has 0 aliphatic carbocycles. The Balaban J connectivity index is 1.59. The summed E-state index contributed by atoms with van der Waals surface area (Å²) in [6, 6.07) is 10.6. The number of fused-ring (bicyclic) bond motifs is 2. The van der Waals surface area contributed by atoms with Crippen LogP contribution < -0.4 is 9.64 Å². The van der Waals surface area contributed by atoms with Crippen molar-refractivity contribution in [1.82, 2.24) is 4.98 Å². The summed E-state index contributed by atoms with van der Waals surface area (Å²) in [5.74, 6) is 2.05. The molecule has 0 saturated carbocycles. The van der Waals surface area contributed by atoms with E-state index in [9.17, 15) is 0 Å². The molecule has 0 N–H and O–H groups in total. The van der Waals surface area contributed by atoms with E-state index in [2.05, 4.69) is 41.1 Å². The minimum atomic E-state index is -0.140. The summed E-state index contributed by atoms with van der Waals surface area (Å²) in [5.41, 5.74) is 3.83. The molecule has 1 saturated heterocycles. The Labute approximate surface area is 143 Å². The van der Waals surface area contributed by atoms with Crippen molar-refractivity contribution < 1.29 is 9.47 Å². The molecule has 24 heavy (non-hydrogen) atoms. The quantitative estimate of drug-likeness (QED) is 0.847. The van der Waals surface area contributed by atoms with Gasteiger partial charge in [-0.15, -0.1) is 0 Å². The van der Waals surface area contributed by atoms with Crippen LogP contribution in [0.5, 0.6) is 5.75 Å². The first-order valence-corrected chi connectivity index (χ1v) is 8.70. The molecule has 0 radical (unpaired) electrons. The van der Waals surface area contributed by atoms with Crippen LogP contribution >= 0.6 is 0 Å². The second-order valence-corrected chi connectivity index (χ2v) is 6.75. The van der Waals surface area contributed by atoms with Gasteiger partial charge in [-0.2, -0.15) is 0 Å². The number of hydrogen-bond acceptors (Lipinski definition) is 4. The van der Waals surface area contributed by atoms with Crippen LogP contribution in [0.15, 0.2) is 36.5 Å². The third kappa shape index (κ3) is 2.55. The van der Waals surface area contributed by atoms with Gasteiger partial charge in [0, 0.05) is 19.3 Å². The number of nitrogens with zero attached hydrogens (tertiary/aromatic N) is 2. The summed E-state index contributed by atoms with van der Waals surface area (Å²) in [5, 5.41) is 0. The maximum atomic E-state index is 6.33. The van der Waals surface area contributed by atoms with Crippen LogP contribution in [0.25, 0.3) is 0 Å². The van der Waals surface area contributed by atoms with Crippen molar-refractivity contribution in [2.75, 3.05) is 31.7 Å². The average Bonchev–Trinajstić information content (AvgIpc) is 2.63. The lowest BCUT2D eigenvalue weighted by Crippen LogP contribution is -2.47. The zero-order valence-electron chi connectivity index (χ0n) is 14.4. The number of aryl methyl sites for hydroxylation is 1. The molecule has 126 valence electrons. The molecule has 0 unspecified atom stereocenters. The Morgan fingerprint density at radius 3 is 2.79 bits per heavy atom. The van der Waals surface area contributed by atoms with Gasteiger partial charge >= 0.3 is 0 Å². The summed E-state index contributed by atoms with van der Waals surface area (Å²) in [4.78, 5) is 6.96. The average molecular weight is 324 g/mol. The van der Waals surface area contributed by atoms with E-state index in [1.807, 2.05) is 12.3 Å². The lowest BCUT2D eigenvalue weighted by atomic mass is 9.79. The SMILES string of the molecule is COc1ccc2c(c1)CCOC21CCN(c2ncccc2C)CC1.